The Morgan fingerprint density at radius 1 is 0.897 bits per heavy atom. The number of pyridine rings is 1. The fourth-order valence-corrected chi connectivity index (χ4v) is 3.67. The number of nitrogens with zero attached hydrogens (tertiary/aromatic N) is 3. The van der Waals surface area contributed by atoms with Gasteiger partial charge in [-0.25, -0.2) is 0 Å². The Morgan fingerprint density at radius 3 is 2.41 bits per heavy atom. The zero-order chi connectivity index (χ0) is 19.9. The molecule has 0 atom stereocenters. The lowest BCUT2D eigenvalue weighted by atomic mass is 10.1. The standard InChI is InChI=1S/C24H26N4O/c29-24(21-9-12-25-13-10-21)26-22-6-4-5-20(19-22)11-14-27-15-17-28(18-16-27)23-7-2-1-3-8-23/h1-10,12-13,19H,11,14-18H2,(H,26,29). The first-order chi connectivity index (χ1) is 14.3. The number of hydrogen-bond donors (Lipinski definition) is 1. The lowest BCUT2D eigenvalue weighted by Gasteiger charge is -2.36. The molecule has 148 valence electrons. The molecule has 0 radical (unpaired) electrons. The minimum Gasteiger partial charge on any atom is -0.369 e. The molecule has 0 aliphatic carbocycles. The number of amides is 1. The van der Waals surface area contributed by atoms with Crippen LogP contribution in [0.2, 0.25) is 0 Å². The first-order valence-corrected chi connectivity index (χ1v) is 10.1. The molecule has 4 rings (SSSR count). The van der Waals surface area contributed by atoms with E-state index in [0.717, 1.165) is 44.8 Å². The number of benzene rings is 2. The predicted octanol–water partition coefficient (Wildman–Crippen LogP) is 3.70. The van der Waals surface area contributed by atoms with Gasteiger partial charge in [0, 0.05) is 62.1 Å². The molecule has 0 saturated carbocycles. The Hall–Kier alpha value is -3.18. The van der Waals surface area contributed by atoms with Crippen LogP contribution >= 0.6 is 0 Å². The van der Waals surface area contributed by atoms with Gasteiger partial charge in [0.15, 0.2) is 0 Å². The molecule has 0 unspecified atom stereocenters. The van der Waals surface area contributed by atoms with Crippen molar-refractivity contribution in [1.82, 2.24) is 9.88 Å². The number of piperazine rings is 1. The van der Waals surface area contributed by atoms with E-state index in [1.54, 1.807) is 24.5 Å². The zero-order valence-corrected chi connectivity index (χ0v) is 16.5. The van der Waals surface area contributed by atoms with Crippen LogP contribution in [-0.2, 0) is 6.42 Å². The van der Waals surface area contributed by atoms with Gasteiger partial charge in [-0.05, 0) is 48.4 Å². The Balaban J connectivity index is 1.27. The maximum atomic E-state index is 12.3. The van der Waals surface area contributed by atoms with Gasteiger partial charge < -0.3 is 10.2 Å². The van der Waals surface area contributed by atoms with Crippen molar-refractivity contribution in [1.29, 1.82) is 0 Å². The molecule has 1 aromatic heterocycles. The third kappa shape index (κ3) is 5.21. The second kappa shape index (κ2) is 9.34. The van der Waals surface area contributed by atoms with Crippen LogP contribution in [0.15, 0.2) is 79.1 Å². The van der Waals surface area contributed by atoms with Gasteiger partial charge in [0.25, 0.3) is 5.91 Å². The number of anilines is 2. The molecule has 5 nitrogen and oxygen atoms in total. The molecule has 1 aliphatic rings. The maximum absolute atomic E-state index is 12.3. The summed E-state index contributed by atoms with van der Waals surface area (Å²) in [6.45, 7) is 5.31. The summed E-state index contributed by atoms with van der Waals surface area (Å²) in [6.07, 6.45) is 4.23. The zero-order valence-electron chi connectivity index (χ0n) is 16.5. The van der Waals surface area contributed by atoms with Crippen molar-refractivity contribution in [2.24, 2.45) is 0 Å². The smallest absolute Gasteiger partial charge is 0.255 e. The van der Waals surface area contributed by atoms with E-state index in [9.17, 15) is 4.79 Å². The van der Waals surface area contributed by atoms with E-state index in [4.69, 9.17) is 0 Å². The third-order valence-electron chi connectivity index (χ3n) is 5.34. The van der Waals surface area contributed by atoms with Crippen LogP contribution in [-0.4, -0.2) is 48.5 Å². The van der Waals surface area contributed by atoms with Crippen LogP contribution < -0.4 is 10.2 Å². The van der Waals surface area contributed by atoms with Gasteiger partial charge in [-0.3, -0.25) is 14.7 Å². The molecule has 29 heavy (non-hydrogen) atoms. The summed E-state index contributed by atoms with van der Waals surface area (Å²) in [5, 5.41) is 2.97. The fraction of sp³-hybridized carbons (Fsp3) is 0.250. The topological polar surface area (TPSA) is 48.5 Å². The molecule has 2 heterocycles. The average molecular weight is 386 g/mol. The Kier molecular flexibility index (Phi) is 6.17. The molecule has 5 heteroatoms. The summed E-state index contributed by atoms with van der Waals surface area (Å²) in [5.74, 6) is -0.110. The predicted molar refractivity (Wildman–Crippen MR) is 117 cm³/mol. The van der Waals surface area contributed by atoms with Crippen molar-refractivity contribution in [3.63, 3.8) is 0 Å². The maximum Gasteiger partial charge on any atom is 0.255 e. The molecular formula is C24H26N4O. The highest BCUT2D eigenvalue weighted by molar-refractivity contribution is 6.04. The van der Waals surface area contributed by atoms with Crippen molar-refractivity contribution in [2.45, 2.75) is 6.42 Å². The van der Waals surface area contributed by atoms with Crippen LogP contribution in [0.25, 0.3) is 0 Å². The molecular weight excluding hydrogens is 360 g/mol. The van der Waals surface area contributed by atoms with Crippen molar-refractivity contribution in [3.8, 4) is 0 Å². The number of rotatable bonds is 6. The Morgan fingerprint density at radius 2 is 1.66 bits per heavy atom. The van der Waals surface area contributed by atoms with Crippen molar-refractivity contribution < 1.29 is 4.79 Å². The highest BCUT2D eigenvalue weighted by Crippen LogP contribution is 2.17. The van der Waals surface area contributed by atoms with Crippen molar-refractivity contribution >= 4 is 17.3 Å². The molecule has 1 amide bonds. The van der Waals surface area contributed by atoms with E-state index >= 15 is 0 Å². The molecule has 2 aromatic carbocycles. The summed E-state index contributed by atoms with van der Waals surface area (Å²) in [7, 11) is 0. The molecule has 1 fully saturated rings. The minimum absolute atomic E-state index is 0.110. The number of nitrogens with one attached hydrogen (secondary N) is 1. The van der Waals surface area contributed by atoms with E-state index in [2.05, 4.69) is 62.6 Å². The number of carbonyl (C=O) groups is 1. The monoisotopic (exact) mass is 386 g/mol. The molecule has 3 aromatic rings. The molecule has 1 saturated heterocycles. The van der Waals surface area contributed by atoms with E-state index in [0.29, 0.717) is 5.56 Å². The van der Waals surface area contributed by atoms with Gasteiger partial charge in [0.05, 0.1) is 0 Å². The van der Waals surface area contributed by atoms with Crippen molar-refractivity contribution in [3.05, 3.63) is 90.3 Å². The van der Waals surface area contributed by atoms with E-state index < -0.39 is 0 Å². The van der Waals surface area contributed by atoms with Gasteiger partial charge in [-0.15, -0.1) is 0 Å². The largest absolute Gasteiger partial charge is 0.369 e. The quantitative estimate of drug-likeness (QED) is 0.702. The van der Waals surface area contributed by atoms with E-state index in [1.165, 1.54) is 11.3 Å². The van der Waals surface area contributed by atoms with Crippen LogP contribution in [0.4, 0.5) is 11.4 Å². The molecule has 0 spiro atoms. The van der Waals surface area contributed by atoms with E-state index in [1.807, 2.05) is 12.1 Å². The number of carbonyl (C=O) groups excluding carboxylic acids is 1. The summed E-state index contributed by atoms with van der Waals surface area (Å²) in [6, 6.07) is 22.2. The third-order valence-corrected chi connectivity index (χ3v) is 5.34. The fourth-order valence-electron chi connectivity index (χ4n) is 3.67. The van der Waals surface area contributed by atoms with Gasteiger partial charge in [-0.1, -0.05) is 30.3 Å². The highest BCUT2D eigenvalue weighted by Gasteiger charge is 2.16. The number of para-hydroxylation sites is 1. The lowest BCUT2D eigenvalue weighted by molar-refractivity contribution is 0.102. The molecule has 0 bridgehead atoms. The van der Waals surface area contributed by atoms with E-state index in [-0.39, 0.29) is 5.91 Å². The first kappa shape index (κ1) is 19.2. The number of hydrogen-bond acceptors (Lipinski definition) is 4. The average Bonchev–Trinajstić information content (AvgIpc) is 2.79. The van der Waals surface area contributed by atoms with Gasteiger partial charge in [0.1, 0.15) is 0 Å². The second-order valence-corrected chi connectivity index (χ2v) is 7.30. The van der Waals surface area contributed by atoms with Crippen LogP contribution in [0, 0.1) is 0 Å². The summed E-state index contributed by atoms with van der Waals surface area (Å²) >= 11 is 0. The number of aromatic nitrogens is 1. The minimum atomic E-state index is -0.110. The van der Waals surface area contributed by atoms with Crippen LogP contribution in [0.5, 0.6) is 0 Å². The summed E-state index contributed by atoms with van der Waals surface area (Å²) in [4.78, 5) is 21.2. The van der Waals surface area contributed by atoms with Gasteiger partial charge in [-0.2, -0.15) is 0 Å². The van der Waals surface area contributed by atoms with Gasteiger partial charge >= 0.3 is 0 Å². The normalized spacial score (nSPS) is 14.6. The first-order valence-electron chi connectivity index (χ1n) is 10.1. The van der Waals surface area contributed by atoms with Crippen LogP contribution in [0.1, 0.15) is 15.9 Å². The highest BCUT2D eigenvalue weighted by atomic mass is 16.1. The van der Waals surface area contributed by atoms with Crippen LogP contribution in [0.3, 0.4) is 0 Å². The summed E-state index contributed by atoms with van der Waals surface area (Å²) in [5.41, 5.74) is 3.99. The Bertz CT molecular complexity index is 922. The second-order valence-electron chi connectivity index (χ2n) is 7.30. The molecule has 1 aliphatic heterocycles. The molecule has 1 N–H and O–H groups in total. The van der Waals surface area contributed by atoms with Crippen molar-refractivity contribution in [2.75, 3.05) is 42.9 Å². The SMILES string of the molecule is O=C(Nc1cccc(CCN2CCN(c3ccccc3)CC2)c1)c1ccncc1. The summed E-state index contributed by atoms with van der Waals surface area (Å²) < 4.78 is 0. The lowest BCUT2D eigenvalue weighted by Crippen LogP contribution is -2.46. The van der Waals surface area contributed by atoms with Gasteiger partial charge in [0.2, 0.25) is 0 Å². The Labute approximate surface area is 172 Å².